The summed E-state index contributed by atoms with van der Waals surface area (Å²) >= 11 is 1.50. The molecule has 7 heteroatoms. The molecule has 1 unspecified atom stereocenters. The van der Waals surface area contributed by atoms with Gasteiger partial charge in [-0.15, -0.1) is 0 Å². The van der Waals surface area contributed by atoms with Gasteiger partial charge in [0.15, 0.2) is 0 Å². The summed E-state index contributed by atoms with van der Waals surface area (Å²) in [4.78, 5) is 29.4. The van der Waals surface area contributed by atoms with Gasteiger partial charge in [-0.25, -0.2) is 9.37 Å². The number of pyridine rings is 1. The Hall–Kier alpha value is -3.19. The molecule has 0 fully saturated rings. The molecule has 0 spiro atoms. The van der Waals surface area contributed by atoms with E-state index >= 15 is 0 Å². The zero-order valence-electron chi connectivity index (χ0n) is 15.5. The molecule has 2 aromatic carbocycles. The third-order valence-electron chi connectivity index (χ3n) is 4.28. The summed E-state index contributed by atoms with van der Waals surface area (Å²) in [6.07, 6.45) is 2.06. The second kappa shape index (κ2) is 9.84. The minimum absolute atomic E-state index is 0.107. The Morgan fingerprint density at radius 2 is 1.76 bits per heavy atom. The topological polar surface area (TPSA) is 85.1 Å². The van der Waals surface area contributed by atoms with Crippen LogP contribution < -0.4 is 11.1 Å². The van der Waals surface area contributed by atoms with E-state index in [0.717, 1.165) is 15.5 Å². The Kier molecular flexibility index (Phi) is 6.97. The Morgan fingerprint density at radius 3 is 2.38 bits per heavy atom. The van der Waals surface area contributed by atoms with Crippen molar-refractivity contribution in [3.8, 4) is 0 Å². The molecule has 3 N–H and O–H groups in total. The lowest BCUT2D eigenvalue weighted by molar-refractivity contribution is -0.121. The first-order valence-corrected chi connectivity index (χ1v) is 9.84. The third kappa shape index (κ3) is 6.15. The number of benzene rings is 2. The van der Waals surface area contributed by atoms with Crippen LogP contribution in [0.2, 0.25) is 0 Å². The SMILES string of the molecule is NC(=O)C(CNC(=O)c1ccc(Sc2ccccn2)cc1)Cc1ccc(F)cc1. The Bertz CT molecular complexity index is 964. The molecule has 1 aromatic heterocycles. The summed E-state index contributed by atoms with van der Waals surface area (Å²) in [6.45, 7) is 0.107. The molecule has 0 saturated heterocycles. The highest BCUT2D eigenvalue weighted by atomic mass is 32.2. The fourth-order valence-electron chi connectivity index (χ4n) is 2.70. The summed E-state index contributed by atoms with van der Waals surface area (Å²) in [7, 11) is 0. The summed E-state index contributed by atoms with van der Waals surface area (Å²) in [5, 5.41) is 3.62. The van der Waals surface area contributed by atoms with Gasteiger partial charge in [-0.3, -0.25) is 9.59 Å². The number of hydrogen-bond donors (Lipinski definition) is 2. The predicted molar refractivity (Wildman–Crippen MR) is 110 cm³/mol. The fourth-order valence-corrected chi connectivity index (χ4v) is 3.47. The van der Waals surface area contributed by atoms with Gasteiger partial charge in [-0.05, 0) is 60.5 Å². The van der Waals surface area contributed by atoms with Crippen molar-refractivity contribution in [2.24, 2.45) is 11.7 Å². The number of aromatic nitrogens is 1. The molecule has 2 amide bonds. The van der Waals surface area contributed by atoms with Crippen LogP contribution in [0.1, 0.15) is 15.9 Å². The van der Waals surface area contributed by atoms with Crippen molar-refractivity contribution >= 4 is 23.6 Å². The van der Waals surface area contributed by atoms with E-state index in [-0.39, 0.29) is 18.3 Å². The number of carbonyl (C=O) groups is 2. The normalized spacial score (nSPS) is 11.6. The van der Waals surface area contributed by atoms with E-state index in [1.54, 1.807) is 30.5 Å². The maximum absolute atomic E-state index is 13.0. The van der Waals surface area contributed by atoms with Crippen molar-refractivity contribution in [2.75, 3.05) is 6.54 Å². The Labute approximate surface area is 172 Å². The van der Waals surface area contributed by atoms with Crippen LogP contribution in [0.3, 0.4) is 0 Å². The molecule has 1 atom stereocenters. The van der Waals surface area contributed by atoms with Crippen LogP contribution in [0.4, 0.5) is 4.39 Å². The van der Waals surface area contributed by atoms with E-state index in [1.165, 1.54) is 23.9 Å². The lowest BCUT2D eigenvalue weighted by atomic mass is 9.98. The molecule has 0 bridgehead atoms. The van der Waals surface area contributed by atoms with E-state index in [2.05, 4.69) is 10.3 Å². The zero-order valence-corrected chi connectivity index (χ0v) is 16.4. The molecule has 0 saturated carbocycles. The van der Waals surface area contributed by atoms with Crippen molar-refractivity contribution in [1.29, 1.82) is 0 Å². The molecular formula is C22H20FN3O2S. The third-order valence-corrected chi connectivity index (χ3v) is 5.24. The van der Waals surface area contributed by atoms with Crippen LogP contribution in [-0.2, 0) is 11.2 Å². The summed E-state index contributed by atoms with van der Waals surface area (Å²) in [5.41, 5.74) is 6.72. The van der Waals surface area contributed by atoms with Crippen molar-refractivity contribution in [3.63, 3.8) is 0 Å². The van der Waals surface area contributed by atoms with Gasteiger partial charge in [0.2, 0.25) is 5.91 Å². The van der Waals surface area contributed by atoms with E-state index < -0.39 is 11.8 Å². The van der Waals surface area contributed by atoms with Crippen LogP contribution in [0.25, 0.3) is 0 Å². The van der Waals surface area contributed by atoms with Crippen LogP contribution in [-0.4, -0.2) is 23.3 Å². The van der Waals surface area contributed by atoms with Crippen LogP contribution in [0.15, 0.2) is 82.8 Å². The van der Waals surface area contributed by atoms with Gasteiger partial charge in [-0.2, -0.15) is 0 Å². The van der Waals surface area contributed by atoms with Crippen LogP contribution in [0.5, 0.6) is 0 Å². The van der Waals surface area contributed by atoms with E-state index in [9.17, 15) is 14.0 Å². The molecule has 29 heavy (non-hydrogen) atoms. The predicted octanol–water partition coefficient (Wildman–Crippen LogP) is 3.45. The minimum Gasteiger partial charge on any atom is -0.369 e. The van der Waals surface area contributed by atoms with Crippen molar-refractivity contribution in [3.05, 3.63) is 89.9 Å². The molecule has 5 nitrogen and oxygen atoms in total. The maximum atomic E-state index is 13.0. The van der Waals surface area contributed by atoms with Crippen molar-refractivity contribution < 1.29 is 14.0 Å². The summed E-state index contributed by atoms with van der Waals surface area (Å²) in [6, 6.07) is 18.7. The molecule has 0 aliphatic carbocycles. The molecule has 0 aliphatic rings. The molecule has 1 heterocycles. The standard InChI is InChI=1S/C22H20FN3O2S/c23-18-8-4-15(5-9-18)13-17(21(24)27)14-26-22(28)16-6-10-19(11-7-16)29-20-3-1-2-12-25-20/h1-12,17H,13-14H2,(H2,24,27)(H,26,28). The highest BCUT2D eigenvalue weighted by molar-refractivity contribution is 7.99. The van der Waals surface area contributed by atoms with Gasteiger partial charge in [0.1, 0.15) is 10.8 Å². The highest BCUT2D eigenvalue weighted by Gasteiger charge is 2.18. The average molecular weight is 409 g/mol. The number of nitrogens with two attached hydrogens (primary N) is 1. The minimum atomic E-state index is -0.580. The number of hydrogen-bond acceptors (Lipinski definition) is 4. The van der Waals surface area contributed by atoms with E-state index in [1.807, 2.05) is 30.3 Å². The second-order valence-electron chi connectivity index (χ2n) is 6.43. The monoisotopic (exact) mass is 409 g/mol. The van der Waals surface area contributed by atoms with Crippen molar-refractivity contribution in [2.45, 2.75) is 16.3 Å². The molecule has 3 aromatic rings. The Morgan fingerprint density at radius 1 is 1.03 bits per heavy atom. The van der Waals surface area contributed by atoms with E-state index in [4.69, 9.17) is 5.73 Å². The molecular weight excluding hydrogens is 389 g/mol. The number of carbonyl (C=O) groups excluding carboxylic acids is 2. The van der Waals surface area contributed by atoms with Gasteiger partial charge < -0.3 is 11.1 Å². The molecule has 0 aliphatic heterocycles. The number of halogens is 1. The largest absolute Gasteiger partial charge is 0.369 e. The average Bonchev–Trinajstić information content (AvgIpc) is 2.73. The lowest BCUT2D eigenvalue weighted by Crippen LogP contribution is -2.37. The molecule has 0 radical (unpaired) electrons. The fraction of sp³-hybridized carbons (Fsp3) is 0.136. The number of amides is 2. The first kappa shape index (κ1) is 20.5. The van der Waals surface area contributed by atoms with Gasteiger partial charge in [0.25, 0.3) is 5.91 Å². The molecule has 148 valence electrons. The highest BCUT2D eigenvalue weighted by Crippen LogP contribution is 2.25. The van der Waals surface area contributed by atoms with Gasteiger partial charge in [0.05, 0.1) is 5.92 Å². The van der Waals surface area contributed by atoms with Crippen LogP contribution >= 0.6 is 11.8 Å². The molecule has 3 rings (SSSR count). The maximum Gasteiger partial charge on any atom is 0.251 e. The Balaban J connectivity index is 1.56. The zero-order chi connectivity index (χ0) is 20.6. The quantitative estimate of drug-likeness (QED) is 0.597. The lowest BCUT2D eigenvalue weighted by Gasteiger charge is -2.14. The second-order valence-corrected chi connectivity index (χ2v) is 7.53. The van der Waals surface area contributed by atoms with Gasteiger partial charge in [-0.1, -0.05) is 30.0 Å². The number of primary amides is 1. The summed E-state index contributed by atoms with van der Waals surface area (Å²) < 4.78 is 13.0. The van der Waals surface area contributed by atoms with Crippen LogP contribution in [0, 0.1) is 11.7 Å². The van der Waals surface area contributed by atoms with Crippen molar-refractivity contribution in [1.82, 2.24) is 10.3 Å². The number of nitrogens with zero attached hydrogens (tertiary/aromatic N) is 1. The van der Waals surface area contributed by atoms with E-state index in [0.29, 0.717) is 12.0 Å². The van der Waals surface area contributed by atoms with Gasteiger partial charge in [0, 0.05) is 23.2 Å². The summed E-state index contributed by atoms with van der Waals surface area (Å²) in [5.74, 6) is -1.73. The first-order chi connectivity index (χ1) is 14.0. The first-order valence-electron chi connectivity index (χ1n) is 9.02. The number of nitrogens with one attached hydrogen (secondary N) is 1. The van der Waals surface area contributed by atoms with Gasteiger partial charge >= 0.3 is 0 Å². The number of rotatable bonds is 8. The smallest absolute Gasteiger partial charge is 0.251 e.